The Morgan fingerprint density at radius 1 is 0.905 bits per heavy atom. The smallest absolute Gasteiger partial charge is 0.308 e. The van der Waals surface area contributed by atoms with Crippen molar-refractivity contribution in [2.75, 3.05) is 13.1 Å². The lowest BCUT2D eigenvalue weighted by Crippen LogP contribution is -2.36. The van der Waals surface area contributed by atoms with Gasteiger partial charge in [0.25, 0.3) is 0 Å². The van der Waals surface area contributed by atoms with Crippen LogP contribution in [0, 0.1) is 17.3 Å². The van der Waals surface area contributed by atoms with E-state index in [1.807, 2.05) is 0 Å². The topological polar surface area (TPSA) is 49.3 Å². The number of carbonyl (C=O) groups is 1. The molecular formula is C18H33NO2. The highest BCUT2D eigenvalue weighted by Gasteiger charge is 2.44. The van der Waals surface area contributed by atoms with Gasteiger partial charge in [-0.1, -0.05) is 64.7 Å². The van der Waals surface area contributed by atoms with Gasteiger partial charge in [0.15, 0.2) is 0 Å². The van der Waals surface area contributed by atoms with Gasteiger partial charge < -0.3 is 10.4 Å². The normalized spacial score (nSPS) is 32.0. The van der Waals surface area contributed by atoms with Crippen LogP contribution in [0.5, 0.6) is 0 Å². The molecule has 0 bridgehead atoms. The van der Waals surface area contributed by atoms with Gasteiger partial charge in [-0.3, -0.25) is 4.79 Å². The number of carboxylic acid groups (broad SMARTS) is 1. The Balaban J connectivity index is 2.01. The molecule has 0 spiro atoms. The van der Waals surface area contributed by atoms with Crippen LogP contribution in [-0.2, 0) is 4.79 Å². The Hall–Kier alpha value is -0.570. The average molecular weight is 295 g/mol. The summed E-state index contributed by atoms with van der Waals surface area (Å²) in [4.78, 5) is 11.5. The standard InChI is InChI=1S/C18H33NO2/c1-18(16-14-19-13-15(16)17(20)21)11-9-7-5-3-2-4-6-8-10-12-18/h15-16,19H,2-14H2,1H3,(H,20,21). The lowest BCUT2D eigenvalue weighted by atomic mass is 9.66. The van der Waals surface area contributed by atoms with Gasteiger partial charge in [-0.2, -0.15) is 0 Å². The molecule has 3 heteroatoms. The summed E-state index contributed by atoms with van der Waals surface area (Å²) in [6.45, 7) is 3.93. The molecule has 2 N–H and O–H groups in total. The minimum atomic E-state index is -0.600. The molecule has 2 aliphatic rings. The maximum atomic E-state index is 11.5. The fraction of sp³-hybridized carbons (Fsp3) is 0.944. The van der Waals surface area contributed by atoms with E-state index in [0.717, 1.165) is 6.54 Å². The van der Waals surface area contributed by atoms with Crippen LogP contribution in [0.25, 0.3) is 0 Å². The Morgan fingerprint density at radius 2 is 1.38 bits per heavy atom. The molecule has 0 amide bonds. The molecule has 1 heterocycles. The zero-order valence-corrected chi connectivity index (χ0v) is 13.7. The number of hydrogen-bond donors (Lipinski definition) is 2. The number of hydrogen-bond acceptors (Lipinski definition) is 2. The van der Waals surface area contributed by atoms with E-state index >= 15 is 0 Å². The molecule has 3 nitrogen and oxygen atoms in total. The van der Waals surface area contributed by atoms with E-state index in [1.54, 1.807) is 0 Å². The van der Waals surface area contributed by atoms with E-state index in [2.05, 4.69) is 12.2 Å². The van der Waals surface area contributed by atoms with E-state index in [0.29, 0.717) is 12.5 Å². The summed E-state index contributed by atoms with van der Waals surface area (Å²) >= 11 is 0. The molecule has 0 aromatic heterocycles. The minimum absolute atomic E-state index is 0.178. The van der Waals surface area contributed by atoms with Gasteiger partial charge in [0.05, 0.1) is 5.92 Å². The van der Waals surface area contributed by atoms with E-state index in [9.17, 15) is 9.90 Å². The molecule has 21 heavy (non-hydrogen) atoms. The highest BCUT2D eigenvalue weighted by molar-refractivity contribution is 5.71. The molecule has 122 valence electrons. The second-order valence-electron chi connectivity index (χ2n) is 7.55. The highest BCUT2D eigenvalue weighted by atomic mass is 16.4. The first kappa shape index (κ1) is 16.8. The maximum Gasteiger partial charge on any atom is 0.308 e. The van der Waals surface area contributed by atoms with Gasteiger partial charge in [-0.05, 0) is 30.7 Å². The Labute approximate surface area is 129 Å². The third-order valence-corrected chi connectivity index (χ3v) is 5.92. The fourth-order valence-corrected chi connectivity index (χ4v) is 4.46. The number of aliphatic carboxylic acids is 1. The van der Waals surface area contributed by atoms with Crippen LogP contribution in [-0.4, -0.2) is 24.2 Å². The number of rotatable bonds is 2. The first-order valence-electron chi connectivity index (χ1n) is 9.07. The van der Waals surface area contributed by atoms with Crippen LogP contribution in [0.3, 0.4) is 0 Å². The molecule has 0 aromatic rings. The predicted molar refractivity (Wildman–Crippen MR) is 86.4 cm³/mol. The van der Waals surface area contributed by atoms with Gasteiger partial charge in [0, 0.05) is 6.54 Å². The zero-order valence-electron chi connectivity index (χ0n) is 13.7. The summed E-state index contributed by atoms with van der Waals surface area (Å²) in [6, 6.07) is 0. The first-order chi connectivity index (χ1) is 10.1. The quantitative estimate of drug-likeness (QED) is 0.802. The highest BCUT2D eigenvalue weighted by Crippen LogP contribution is 2.44. The van der Waals surface area contributed by atoms with Crippen molar-refractivity contribution in [3.8, 4) is 0 Å². The second kappa shape index (κ2) is 8.17. The Kier molecular flexibility index (Phi) is 6.53. The third-order valence-electron chi connectivity index (χ3n) is 5.92. The van der Waals surface area contributed by atoms with Crippen molar-refractivity contribution in [1.29, 1.82) is 0 Å². The van der Waals surface area contributed by atoms with Crippen LogP contribution >= 0.6 is 0 Å². The largest absolute Gasteiger partial charge is 0.481 e. The molecule has 1 aliphatic carbocycles. The minimum Gasteiger partial charge on any atom is -0.481 e. The number of carboxylic acids is 1. The molecule has 0 aromatic carbocycles. The lowest BCUT2D eigenvalue weighted by Gasteiger charge is -2.38. The van der Waals surface area contributed by atoms with Crippen LogP contribution in [0.15, 0.2) is 0 Å². The average Bonchev–Trinajstić information content (AvgIpc) is 2.93. The van der Waals surface area contributed by atoms with Crippen LogP contribution in [0.1, 0.15) is 77.6 Å². The molecule has 1 aliphatic heterocycles. The molecule has 2 rings (SSSR count). The second-order valence-corrected chi connectivity index (χ2v) is 7.55. The first-order valence-corrected chi connectivity index (χ1v) is 9.07. The molecule has 1 saturated heterocycles. The molecule has 1 saturated carbocycles. The SMILES string of the molecule is CC1(C2CNCC2C(=O)O)CCCCCCCCCCC1. The van der Waals surface area contributed by atoms with Crippen molar-refractivity contribution in [3.05, 3.63) is 0 Å². The Bertz CT molecular complexity index is 317. The molecule has 2 unspecified atom stereocenters. The van der Waals surface area contributed by atoms with Gasteiger partial charge in [-0.25, -0.2) is 0 Å². The van der Waals surface area contributed by atoms with Gasteiger partial charge in [0.1, 0.15) is 0 Å². The Morgan fingerprint density at radius 3 is 1.86 bits per heavy atom. The maximum absolute atomic E-state index is 11.5. The zero-order chi connectivity index (χ0) is 15.1. The summed E-state index contributed by atoms with van der Waals surface area (Å²) < 4.78 is 0. The monoisotopic (exact) mass is 295 g/mol. The summed E-state index contributed by atoms with van der Waals surface area (Å²) in [6.07, 6.45) is 14.5. The lowest BCUT2D eigenvalue weighted by molar-refractivity contribution is -0.144. The van der Waals surface area contributed by atoms with Crippen molar-refractivity contribution in [3.63, 3.8) is 0 Å². The van der Waals surface area contributed by atoms with Crippen LogP contribution in [0.2, 0.25) is 0 Å². The molecule has 2 fully saturated rings. The van der Waals surface area contributed by atoms with Crippen molar-refractivity contribution in [2.45, 2.75) is 77.6 Å². The van der Waals surface area contributed by atoms with Crippen molar-refractivity contribution in [2.24, 2.45) is 17.3 Å². The van der Waals surface area contributed by atoms with Crippen LogP contribution < -0.4 is 5.32 Å². The predicted octanol–water partition coefficient (Wildman–Crippen LogP) is 4.22. The summed E-state index contributed by atoms with van der Waals surface area (Å²) in [5, 5.41) is 12.8. The summed E-state index contributed by atoms with van der Waals surface area (Å²) in [5.41, 5.74) is 0.214. The summed E-state index contributed by atoms with van der Waals surface area (Å²) in [7, 11) is 0. The van der Waals surface area contributed by atoms with Gasteiger partial charge in [0.2, 0.25) is 0 Å². The van der Waals surface area contributed by atoms with E-state index in [-0.39, 0.29) is 11.3 Å². The van der Waals surface area contributed by atoms with Crippen molar-refractivity contribution in [1.82, 2.24) is 5.32 Å². The van der Waals surface area contributed by atoms with Crippen molar-refractivity contribution < 1.29 is 9.90 Å². The van der Waals surface area contributed by atoms with E-state index in [1.165, 1.54) is 70.6 Å². The van der Waals surface area contributed by atoms with Crippen LogP contribution in [0.4, 0.5) is 0 Å². The summed E-state index contributed by atoms with van der Waals surface area (Å²) in [5.74, 6) is -0.460. The number of nitrogens with one attached hydrogen (secondary N) is 1. The third kappa shape index (κ3) is 4.70. The van der Waals surface area contributed by atoms with E-state index in [4.69, 9.17) is 0 Å². The fourth-order valence-electron chi connectivity index (χ4n) is 4.46. The molecular weight excluding hydrogens is 262 g/mol. The van der Waals surface area contributed by atoms with Gasteiger partial charge in [-0.15, -0.1) is 0 Å². The van der Waals surface area contributed by atoms with Gasteiger partial charge >= 0.3 is 5.97 Å². The van der Waals surface area contributed by atoms with E-state index < -0.39 is 5.97 Å². The molecule has 0 radical (unpaired) electrons. The molecule has 2 atom stereocenters. The van der Waals surface area contributed by atoms with Crippen molar-refractivity contribution >= 4 is 5.97 Å².